The van der Waals surface area contributed by atoms with Gasteiger partial charge in [0, 0.05) is 24.9 Å². The van der Waals surface area contributed by atoms with Crippen molar-refractivity contribution < 1.29 is 5.11 Å². The summed E-state index contributed by atoms with van der Waals surface area (Å²) in [5, 5.41) is 13.9. The maximum atomic E-state index is 9.88. The van der Waals surface area contributed by atoms with Crippen LogP contribution in [0.3, 0.4) is 0 Å². The molecule has 2 fully saturated rings. The number of nitrogens with zero attached hydrogens (tertiary/aromatic N) is 1. The summed E-state index contributed by atoms with van der Waals surface area (Å²) in [4.78, 5) is 2.55. The third kappa shape index (κ3) is 2.40. The molecule has 0 spiro atoms. The van der Waals surface area contributed by atoms with E-state index in [0.29, 0.717) is 11.9 Å². The van der Waals surface area contributed by atoms with Gasteiger partial charge in [0.1, 0.15) is 0 Å². The Morgan fingerprint density at radius 2 is 2.25 bits per heavy atom. The van der Waals surface area contributed by atoms with Crippen LogP contribution < -0.4 is 5.32 Å². The fourth-order valence-corrected chi connectivity index (χ4v) is 4.33. The lowest BCUT2D eigenvalue weighted by Crippen LogP contribution is -2.59. The van der Waals surface area contributed by atoms with Crippen molar-refractivity contribution in [1.29, 1.82) is 0 Å². The summed E-state index contributed by atoms with van der Waals surface area (Å²) in [5.41, 5.74) is 0.0505. The van der Waals surface area contributed by atoms with Crippen molar-refractivity contribution in [3.8, 4) is 0 Å². The zero-order valence-electron chi connectivity index (χ0n) is 10.2. The van der Waals surface area contributed by atoms with Crippen molar-refractivity contribution in [2.75, 3.05) is 38.5 Å². The lowest BCUT2D eigenvalue weighted by atomic mass is 9.88. The fourth-order valence-electron chi connectivity index (χ4n) is 3.01. The Morgan fingerprint density at radius 3 is 3.00 bits per heavy atom. The van der Waals surface area contributed by atoms with E-state index >= 15 is 0 Å². The normalized spacial score (nSPS) is 38.2. The maximum absolute atomic E-state index is 9.88. The van der Waals surface area contributed by atoms with E-state index in [1.165, 1.54) is 18.6 Å². The van der Waals surface area contributed by atoms with E-state index in [-0.39, 0.29) is 5.54 Å². The smallest absolute Gasteiger partial charge is 0.0626 e. The molecule has 2 atom stereocenters. The van der Waals surface area contributed by atoms with Gasteiger partial charge in [-0.15, -0.1) is 0 Å². The van der Waals surface area contributed by atoms with E-state index in [4.69, 9.17) is 0 Å². The van der Waals surface area contributed by atoms with Crippen LogP contribution in [0.25, 0.3) is 0 Å². The number of aliphatic hydroxyl groups excluding tert-OH is 1. The third-order valence-electron chi connectivity index (χ3n) is 4.12. The highest BCUT2D eigenvalue weighted by atomic mass is 32.2. The van der Waals surface area contributed by atoms with Gasteiger partial charge in [-0.25, -0.2) is 0 Å². The van der Waals surface area contributed by atoms with Crippen molar-refractivity contribution in [1.82, 2.24) is 10.2 Å². The second-order valence-corrected chi connectivity index (χ2v) is 6.42. The topological polar surface area (TPSA) is 35.5 Å². The first kappa shape index (κ1) is 12.7. The molecule has 0 radical (unpaired) electrons. The molecular weight excluding hydrogens is 220 g/mol. The molecule has 2 heterocycles. The van der Waals surface area contributed by atoms with Crippen molar-refractivity contribution >= 4 is 11.8 Å². The Bertz CT molecular complexity index is 219. The molecule has 0 aromatic heterocycles. The Morgan fingerprint density at radius 1 is 1.38 bits per heavy atom. The highest BCUT2D eigenvalue weighted by Gasteiger charge is 2.43. The highest BCUT2D eigenvalue weighted by molar-refractivity contribution is 8.00. The molecule has 2 aliphatic rings. The van der Waals surface area contributed by atoms with Crippen molar-refractivity contribution in [2.45, 2.75) is 37.0 Å². The van der Waals surface area contributed by atoms with Crippen LogP contribution in [0.1, 0.15) is 26.2 Å². The maximum Gasteiger partial charge on any atom is 0.0626 e. The summed E-state index contributed by atoms with van der Waals surface area (Å²) in [7, 11) is 0. The monoisotopic (exact) mass is 244 g/mol. The predicted molar refractivity (Wildman–Crippen MR) is 70.0 cm³/mol. The molecule has 0 saturated carbocycles. The van der Waals surface area contributed by atoms with Gasteiger partial charge in [0.25, 0.3) is 0 Å². The average Bonchev–Trinajstić information content (AvgIpc) is 2.59. The van der Waals surface area contributed by atoms with Crippen LogP contribution in [-0.2, 0) is 0 Å². The van der Waals surface area contributed by atoms with Crippen LogP contribution >= 0.6 is 11.8 Å². The molecule has 94 valence electrons. The van der Waals surface area contributed by atoms with Gasteiger partial charge in [-0.3, -0.25) is 4.90 Å². The number of hydrogen-bond acceptors (Lipinski definition) is 4. The number of rotatable bonds is 2. The molecule has 2 rings (SSSR count). The van der Waals surface area contributed by atoms with E-state index in [1.54, 1.807) is 0 Å². The van der Waals surface area contributed by atoms with Gasteiger partial charge in [-0.2, -0.15) is 11.8 Å². The van der Waals surface area contributed by atoms with Crippen molar-refractivity contribution in [3.05, 3.63) is 0 Å². The first-order valence-electron chi connectivity index (χ1n) is 6.48. The minimum Gasteiger partial charge on any atom is -0.394 e. The van der Waals surface area contributed by atoms with Gasteiger partial charge in [0.2, 0.25) is 0 Å². The van der Waals surface area contributed by atoms with Crippen LogP contribution in [0.2, 0.25) is 0 Å². The Kier molecular flexibility index (Phi) is 4.53. The summed E-state index contributed by atoms with van der Waals surface area (Å²) in [6.07, 6.45) is 3.62. The number of nitrogens with one attached hydrogen (secondary N) is 1. The van der Waals surface area contributed by atoms with E-state index < -0.39 is 0 Å². The molecule has 2 saturated heterocycles. The summed E-state index contributed by atoms with van der Waals surface area (Å²) < 4.78 is 0. The van der Waals surface area contributed by atoms with Crippen molar-refractivity contribution in [3.63, 3.8) is 0 Å². The van der Waals surface area contributed by atoms with E-state index in [2.05, 4.69) is 17.1 Å². The first-order valence-corrected chi connectivity index (χ1v) is 7.53. The fraction of sp³-hybridized carbons (Fsp3) is 1.00. The number of aliphatic hydroxyl groups is 1. The molecule has 4 heteroatoms. The largest absolute Gasteiger partial charge is 0.394 e. The van der Waals surface area contributed by atoms with Crippen LogP contribution in [0.4, 0.5) is 0 Å². The standard InChI is InChI=1S/C12H24N2OS/c1-11-12(10-15,4-2-9-16-11)14-7-3-5-13-6-8-14/h11,13,15H,2-10H2,1H3. The lowest BCUT2D eigenvalue weighted by molar-refractivity contribution is 0.0247. The Balaban J connectivity index is 2.10. The zero-order valence-corrected chi connectivity index (χ0v) is 11.1. The van der Waals surface area contributed by atoms with Gasteiger partial charge in [0.15, 0.2) is 0 Å². The Hall–Kier alpha value is 0.230. The van der Waals surface area contributed by atoms with E-state index in [1.807, 2.05) is 11.8 Å². The van der Waals surface area contributed by atoms with Gasteiger partial charge in [-0.05, 0) is 31.6 Å². The summed E-state index contributed by atoms with van der Waals surface area (Å²) in [5.74, 6) is 1.26. The summed E-state index contributed by atoms with van der Waals surface area (Å²) in [6.45, 7) is 7.03. The second-order valence-electron chi connectivity index (χ2n) is 4.97. The average molecular weight is 244 g/mol. The van der Waals surface area contributed by atoms with Crippen LogP contribution in [0, 0.1) is 0 Å². The lowest BCUT2D eigenvalue weighted by Gasteiger charge is -2.48. The van der Waals surface area contributed by atoms with Crippen LogP contribution in [0.15, 0.2) is 0 Å². The molecule has 3 nitrogen and oxygen atoms in total. The third-order valence-corrected chi connectivity index (χ3v) is 5.59. The minimum atomic E-state index is 0.0505. The minimum absolute atomic E-state index is 0.0505. The number of thioether (sulfide) groups is 1. The summed E-state index contributed by atoms with van der Waals surface area (Å²) in [6, 6.07) is 0. The highest BCUT2D eigenvalue weighted by Crippen LogP contribution is 2.38. The molecule has 0 aromatic carbocycles. The predicted octanol–water partition coefficient (Wildman–Crippen LogP) is 0.928. The molecule has 0 aromatic rings. The van der Waals surface area contributed by atoms with Crippen LogP contribution in [0.5, 0.6) is 0 Å². The molecule has 0 bridgehead atoms. The van der Waals surface area contributed by atoms with Gasteiger partial charge < -0.3 is 10.4 Å². The summed E-state index contributed by atoms with van der Waals surface area (Å²) >= 11 is 2.03. The first-order chi connectivity index (χ1) is 7.79. The van der Waals surface area contributed by atoms with E-state index in [0.717, 1.165) is 32.6 Å². The SMILES string of the molecule is CC1SCCCC1(CO)N1CCCNCC1. The molecule has 0 aliphatic carbocycles. The molecule has 16 heavy (non-hydrogen) atoms. The molecule has 2 aliphatic heterocycles. The quantitative estimate of drug-likeness (QED) is 0.757. The molecule has 2 unspecified atom stereocenters. The zero-order chi connectivity index (χ0) is 11.4. The number of hydrogen-bond donors (Lipinski definition) is 2. The van der Waals surface area contributed by atoms with Gasteiger partial charge >= 0.3 is 0 Å². The van der Waals surface area contributed by atoms with Crippen molar-refractivity contribution in [2.24, 2.45) is 0 Å². The van der Waals surface area contributed by atoms with E-state index in [9.17, 15) is 5.11 Å². The second kappa shape index (κ2) is 5.71. The molecule has 2 N–H and O–H groups in total. The molecule has 0 amide bonds. The molecular formula is C12H24N2OS. The van der Waals surface area contributed by atoms with Gasteiger partial charge in [0.05, 0.1) is 12.1 Å². The van der Waals surface area contributed by atoms with Gasteiger partial charge in [-0.1, -0.05) is 6.92 Å². The van der Waals surface area contributed by atoms with Crippen LogP contribution in [-0.4, -0.2) is 59.3 Å². The Labute approximate surface area is 103 Å².